The van der Waals surface area contributed by atoms with Crippen LogP contribution in [0.2, 0.25) is 0 Å². The number of esters is 1. The van der Waals surface area contributed by atoms with E-state index in [1.165, 1.54) is 24.5 Å². The first-order valence-electron chi connectivity index (χ1n) is 14.5. The number of aromatic nitrogens is 2. The number of nitrogens with two attached hydrogens (primary N) is 1. The molecule has 0 aliphatic carbocycles. The van der Waals surface area contributed by atoms with Gasteiger partial charge in [-0.3, -0.25) is 4.90 Å². The summed E-state index contributed by atoms with van der Waals surface area (Å²) in [7, 11) is 0. The molecule has 2 heterocycles. The predicted molar refractivity (Wildman–Crippen MR) is 178 cm³/mol. The Bertz CT molecular complexity index is 1790. The number of fused-ring (bicyclic) bond motifs is 1. The molecule has 5 rings (SSSR count). The first-order chi connectivity index (χ1) is 22.3. The number of ether oxygens (including phenoxy) is 1. The summed E-state index contributed by atoms with van der Waals surface area (Å²) in [6, 6.07) is 17.7. The number of carbonyl (C=O) groups excluding carboxylic acids is 1. The van der Waals surface area contributed by atoms with E-state index in [9.17, 15) is 27.9 Å². The third-order valence-electron chi connectivity index (χ3n) is 8.07. The molecular weight excluding hydrogens is 745 g/mol. The molecule has 13 heteroatoms. The van der Waals surface area contributed by atoms with Gasteiger partial charge in [0.2, 0.25) is 0 Å². The number of halogens is 5. The zero-order chi connectivity index (χ0) is 33.9. The Morgan fingerprint density at radius 3 is 2.34 bits per heavy atom. The topological polar surface area (TPSA) is 119 Å². The average molecular weight is 774 g/mol. The molecule has 3 N–H and O–H groups in total. The number of rotatable bonds is 8. The molecular formula is C34H29Br2F3N4O4. The minimum atomic E-state index is -4.67. The first-order valence-corrected chi connectivity index (χ1v) is 16.1. The van der Waals surface area contributed by atoms with E-state index < -0.39 is 41.3 Å². The van der Waals surface area contributed by atoms with Gasteiger partial charge in [-0.2, -0.15) is 13.2 Å². The van der Waals surface area contributed by atoms with E-state index in [1.54, 1.807) is 6.92 Å². The fourth-order valence-corrected chi connectivity index (χ4v) is 7.13. The number of hydrogen-bond donors (Lipinski definition) is 2. The number of benzene rings is 3. The third kappa shape index (κ3) is 7.74. The number of carboxylic acid groups (broad SMARTS) is 1. The lowest BCUT2D eigenvalue weighted by Crippen LogP contribution is -2.61. The van der Waals surface area contributed by atoms with Gasteiger partial charge >= 0.3 is 18.2 Å². The average Bonchev–Trinajstić information content (AvgIpc) is 3.02. The maximum Gasteiger partial charge on any atom is 0.416 e. The minimum absolute atomic E-state index is 0.0167. The highest BCUT2D eigenvalue weighted by molar-refractivity contribution is 9.11. The Morgan fingerprint density at radius 1 is 1.09 bits per heavy atom. The van der Waals surface area contributed by atoms with Crippen molar-refractivity contribution in [2.75, 3.05) is 4.90 Å². The van der Waals surface area contributed by atoms with Crippen LogP contribution < -0.4 is 10.6 Å². The third-order valence-corrected chi connectivity index (χ3v) is 8.99. The fourth-order valence-electron chi connectivity index (χ4n) is 5.80. The van der Waals surface area contributed by atoms with Crippen LogP contribution in [0.3, 0.4) is 0 Å². The van der Waals surface area contributed by atoms with Crippen LogP contribution in [0.15, 0.2) is 94.1 Å². The molecule has 8 nitrogen and oxygen atoms in total. The van der Waals surface area contributed by atoms with Gasteiger partial charge in [-0.15, -0.1) is 0 Å². The van der Waals surface area contributed by atoms with Crippen molar-refractivity contribution < 1.29 is 32.6 Å². The number of alkyl halides is 3. The number of hydrogen-bond acceptors (Lipinski definition) is 6. The summed E-state index contributed by atoms with van der Waals surface area (Å²) in [6.07, 6.45) is -0.115. The molecule has 1 amide bonds. The molecule has 3 atom stereocenters. The van der Waals surface area contributed by atoms with Crippen molar-refractivity contribution in [3.8, 4) is 0 Å². The quantitative estimate of drug-likeness (QED) is 0.136. The monoisotopic (exact) mass is 772 g/mol. The summed E-state index contributed by atoms with van der Waals surface area (Å²) < 4.78 is 48.6. The van der Waals surface area contributed by atoms with E-state index in [2.05, 4.69) is 41.8 Å². The Balaban J connectivity index is 1.56. The van der Waals surface area contributed by atoms with Crippen molar-refractivity contribution in [2.45, 2.75) is 50.0 Å². The van der Waals surface area contributed by atoms with E-state index in [0.29, 0.717) is 20.1 Å². The van der Waals surface area contributed by atoms with E-state index in [-0.39, 0.29) is 36.5 Å². The molecule has 0 radical (unpaired) electrons. The molecule has 3 aromatic carbocycles. The van der Waals surface area contributed by atoms with Gasteiger partial charge in [0.25, 0.3) is 0 Å². The van der Waals surface area contributed by atoms with Crippen LogP contribution in [-0.4, -0.2) is 32.8 Å². The summed E-state index contributed by atoms with van der Waals surface area (Å²) in [4.78, 5) is 34.9. The van der Waals surface area contributed by atoms with Crippen LogP contribution in [0.25, 0.3) is 6.08 Å². The first kappa shape index (κ1) is 34.3. The summed E-state index contributed by atoms with van der Waals surface area (Å²) in [5.74, 6) is -1.79. The second-order valence-electron chi connectivity index (χ2n) is 11.1. The summed E-state index contributed by atoms with van der Waals surface area (Å²) >= 11 is 7.00. The summed E-state index contributed by atoms with van der Waals surface area (Å²) in [5, 5.41) is 10.2. The second-order valence-corrected chi connectivity index (χ2v) is 13.0. The van der Waals surface area contributed by atoms with Gasteiger partial charge in [-0.05, 0) is 72.0 Å². The van der Waals surface area contributed by atoms with Gasteiger partial charge in [0.15, 0.2) is 0 Å². The van der Waals surface area contributed by atoms with Gasteiger partial charge < -0.3 is 15.6 Å². The SMILES string of the molecule is CC[C@]1(N)C[C@@H](C(c2cc(Br)cc(Br)c2)c2ncc(C=CC(=O)OCc3ccccc3)cn2)c2cc(C(F)(F)F)ccc2N1C(=O)O. The van der Waals surface area contributed by atoms with E-state index in [1.807, 2.05) is 48.5 Å². The molecule has 0 saturated carbocycles. The maximum atomic E-state index is 14.0. The van der Waals surface area contributed by atoms with Crippen molar-refractivity contribution in [3.63, 3.8) is 0 Å². The molecule has 0 saturated heterocycles. The molecule has 1 aromatic heterocycles. The lowest BCUT2D eigenvalue weighted by molar-refractivity contribution is -0.139. The van der Waals surface area contributed by atoms with Crippen LogP contribution in [0.1, 0.15) is 65.2 Å². The Morgan fingerprint density at radius 2 is 1.74 bits per heavy atom. The highest BCUT2D eigenvalue weighted by Crippen LogP contribution is 2.52. The Labute approximate surface area is 285 Å². The molecule has 1 aliphatic rings. The van der Waals surface area contributed by atoms with Crippen molar-refractivity contribution in [1.29, 1.82) is 0 Å². The number of anilines is 1. The van der Waals surface area contributed by atoms with E-state index in [4.69, 9.17) is 10.5 Å². The molecule has 1 aliphatic heterocycles. The van der Waals surface area contributed by atoms with Crippen molar-refractivity contribution in [3.05, 3.63) is 128 Å². The van der Waals surface area contributed by atoms with Crippen LogP contribution in [0.5, 0.6) is 0 Å². The fraction of sp³-hybridized carbons (Fsp3) is 0.235. The molecule has 0 bridgehead atoms. The standard InChI is InChI=1S/C34H29Br2F3N4O4/c1-2-33(40)16-27(26-14-23(34(37,38)39)9-10-28(26)43(33)32(45)46)30(22-12-24(35)15-25(36)13-22)31-41-17-21(18-42-31)8-11-29(44)47-19-20-6-4-3-5-7-20/h3-15,17-18,27,30H,2,16,19,40H2,1H3,(H,45,46)/t27-,30?,33-/m1/s1. The van der Waals surface area contributed by atoms with Gasteiger partial charge in [0.1, 0.15) is 12.4 Å². The van der Waals surface area contributed by atoms with Crippen LogP contribution in [-0.2, 0) is 22.3 Å². The molecule has 47 heavy (non-hydrogen) atoms. The summed E-state index contributed by atoms with van der Waals surface area (Å²) in [6.45, 7) is 1.84. The Kier molecular flexibility index (Phi) is 10.2. The van der Waals surface area contributed by atoms with Gasteiger partial charge in [-0.1, -0.05) is 69.1 Å². The van der Waals surface area contributed by atoms with Crippen LogP contribution >= 0.6 is 31.9 Å². The lowest BCUT2D eigenvalue weighted by atomic mass is 9.71. The van der Waals surface area contributed by atoms with Crippen molar-refractivity contribution in [2.24, 2.45) is 5.73 Å². The van der Waals surface area contributed by atoms with Gasteiger partial charge in [0.05, 0.1) is 22.8 Å². The molecule has 1 unspecified atom stereocenters. The number of amides is 1. The van der Waals surface area contributed by atoms with Gasteiger partial charge in [0, 0.05) is 38.9 Å². The zero-order valence-corrected chi connectivity index (χ0v) is 28.1. The summed E-state index contributed by atoms with van der Waals surface area (Å²) in [5.41, 5.74) is 6.62. The number of carbonyl (C=O) groups is 2. The Hall–Kier alpha value is -4.07. The van der Waals surface area contributed by atoms with E-state index in [0.717, 1.165) is 28.7 Å². The number of nitrogens with zero attached hydrogens (tertiary/aromatic N) is 3. The largest absolute Gasteiger partial charge is 0.465 e. The molecule has 0 spiro atoms. The highest BCUT2D eigenvalue weighted by atomic mass is 79.9. The highest BCUT2D eigenvalue weighted by Gasteiger charge is 2.48. The normalized spacial score (nSPS) is 18.5. The van der Waals surface area contributed by atoms with Crippen molar-refractivity contribution in [1.82, 2.24) is 9.97 Å². The van der Waals surface area contributed by atoms with Crippen molar-refractivity contribution >= 4 is 55.7 Å². The van der Waals surface area contributed by atoms with Crippen LogP contribution in [0.4, 0.5) is 23.7 Å². The predicted octanol–water partition coefficient (Wildman–Crippen LogP) is 8.65. The molecule has 0 fully saturated rings. The zero-order valence-electron chi connectivity index (χ0n) is 24.9. The second kappa shape index (κ2) is 14.0. The molecule has 4 aromatic rings. The van der Waals surface area contributed by atoms with Crippen LogP contribution in [0, 0.1) is 0 Å². The molecule has 244 valence electrons. The van der Waals surface area contributed by atoms with E-state index >= 15 is 0 Å². The minimum Gasteiger partial charge on any atom is -0.465 e. The van der Waals surface area contributed by atoms with Gasteiger partial charge in [-0.25, -0.2) is 19.6 Å². The maximum absolute atomic E-state index is 14.0. The smallest absolute Gasteiger partial charge is 0.416 e. The lowest BCUT2D eigenvalue weighted by Gasteiger charge is -2.48.